The van der Waals surface area contributed by atoms with Crippen molar-refractivity contribution in [3.8, 4) is 5.75 Å². The van der Waals surface area contributed by atoms with Gasteiger partial charge in [-0.1, -0.05) is 76.4 Å². The zero-order valence-electron chi connectivity index (χ0n) is 25.1. The summed E-state index contributed by atoms with van der Waals surface area (Å²) < 4.78 is 5.44. The number of unbranched alkanes of at least 4 members (excludes halogenated alkanes) is 3. The Morgan fingerprint density at radius 1 is 1.00 bits per heavy atom. The van der Waals surface area contributed by atoms with E-state index in [1.807, 2.05) is 44.2 Å². The van der Waals surface area contributed by atoms with Crippen LogP contribution in [0.4, 0.5) is 4.79 Å². The van der Waals surface area contributed by atoms with Gasteiger partial charge in [-0.2, -0.15) is 0 Å². The number of alkyl carbamates (subject to hydrolysis) is 1. The number of hydrogen-bond donors (Lipinski definition) is 3. The third kappa shape index (κ3) is 10.2. The van der Waals surface area contributed by atoms with Crippen LogP contribution in [0.5, 0.6) is 5.75 Å². The Hall–Kier alpha value is -3.55. The van der Waals surface area contributed by atoms with Crippen LogP contribution < -0.4 is 10.6 Å². The second-order valence-corrected chi connectivity index (χ2v) is 11.6. The first-order valence-corrected chi connectivity index (χ1v) is 14.2. The fourth-order valence-electron chi connectivity index (χ4n) is 4.41. The molecule has 40 heavy (non-hydrogen) atoms. The summed E-state index contributed by atoms with van der Waals surface area (Å²) in [5.41, 5.74) is 1.40. The zero-order chi connectivity index (χ0) is 29.9. The highest BCUT2D eigenvalue weighted by Gasteiger charge is 2.37. The molecule has 0 fully saturated rings. The first-order chi connectivity index (χ1) is 18.8. The summed E-state index contributed by atoms with van der Waals surface area (Å²) >= 11 is 0. The maximum absolute atomic E-state index is 14.2. The molecule has 0 aromatic heterocycles. The van der Waals surface area contributed by atoms with Gasteiger partial charge < -0.3 is 25.4 Å². The van der Waals surface area contributed by atoms with Gasteiger partial charge in [0.2, 0.25) is 11.8 Å². The maximum Gasteiger partial charge on any atom is 0.408 e. The number of nitrogens with one attached hydrogen (secondary N) is 2. The number of benzene rings is 2. The number of aryl methyl sites for hydroxylation is 1. The van der Waals surface area contributed by atoms with Gasteiger partial charge in [0.15, 0.2) is 0 Å². The molecule has 2 atom stereocenters. The molecule has 220 valence electrons. The van der Waals surface area contributed by atoms with Crippen molar-refractivity contribution in [1.82, 2.24) is 15.5 Å². The molecular weight excluding hydrogens is 506 g/mol. The Morgan fingerprint density at radius 3 is 2.25 bits per heavy atom. The lowest BCUT2D eigenvalue weighted by atomic mass is 9.97. The normalized spacial score (nSPS) is 12.9. The molecule has 2 unspecified atom stereocenters. The van der Waals surface area contributed by atoms with E-state index in [1.165, 1.54) is 0 Å². The van der Waals surface area contributed by atoms with Gasteiger partial charge >= 0.3 is 6.09 Å². The van der Waals surface area contributed by atoms with Crippen molar-refractivity contribution in [1.29, 1.82) is 0 Å². The molecule has 0 radical (unpaired) electrons. The molecule has 0 heterocycles. The molecule has 3 amide bonds. The average Bonchev–Trinajstić information content (AvgIpc) is 2.88. The highest BCUT2D eigenvalue weighted by Crippen LogP contribution is 2.28. The molecule has 0 aliphatic heterocycles. The van der Waals surface area contributed by atoms with E-state index in [9.17, 15) is 19.5 Å². The molecule has 3 N–H and O–H groups in total. The van der Waals surface area contributed by atoms with E-state index >= 15 is 0 Å². The highest BCUT2D eigenvalue weighted by atomic mass is 16.6. The predicted molar refractivity (Wildman–Crippen MR) is 158 cm³/mol. The molecular formula is C32H47N3O5. The Kier molecular flexibility index (Phi) is 12.5. The van der Waals surface area contributed by atoms with Crippen LogP contribution >= 0.6 is 0 Å². The van der Waals surface area contributed by atoms with Crippen LogP contribution in [0, 0.1) is 12.8 Å². The van der Waals surface area contributed by atoms with E-state index in [0.29, 0.717) is 30.6 Å². The molecule has 2 rings (SSSR count). The quantitative estimate of drug-likeness (QED) is 0.263. The summed E-state index contributed by atoms with van der Waals surface area (Å²) in [6, 6.07) is 12.7. The number of nitrogens with zero attached hydrogens (tertiary/aromatic N) is 1. The monoisotopic (exact) mass is 553 g/mol. The van der Waals surface area contributed by atoms with E-state index < -0.39 is 23.8 Å². The average molecular weight is 554 g/mol. The van der Waals surface area contributed by atoms with E-state index in [-0.39, 0.29) is 23.5 Å². The molecule has 0 aliphatic rings. The van der Waals surface area contributed by atoms with Crippen molar-refractivity contribution in [3.63, 3.8) is 0 Å². The summed E-state index contributed by atoms with van der Waals surface area (Å²) in [5.74, 6) is -0.840. The second kappa shape index (κ2) is 15.3. The number of aromatic hydroxyl groups is 1. The number of hydrogen-bond acceptors (Lipinski definition) is 5. The Labute approximate surface area is 239 Å². The summed E-state index contributed by atoms with van der Waals surface area (Å²) in [6.07, 6.45) is 2.96. The number of rotatable bonds is 13. The first kappa shape index (κ1) is 32.7. The lowest BCUT2D eigenvalue weighted by Gasteiger charge is -2.36. The van der Waals surface area contributed by atoms with E-state index in [0.717, 1.165) is 24.8 Å². The van der Waals surface area contributed by atoms with Crippen molar-refractivity contribution in [3.05, 3.63) is 65.2 Å². The minimum atomic E-state index is -0.959. The SMILES string of the molecule is CCCCCCN(C(=O)C(NC(=O)OC(C)(C)C)C(C)C)C(C(=O)NCc1ccccc1)c1ccc(O)c(C)c1. The molecule has 2 aromatic rings. The number of amides is 3. The van der Waals surface area contributed by atoms with Gasteiger partial charge in [0.05, 0.1) is 0 Å². The van der Waals surface area contributed by atoms with Crippen LogP contribution in [0.2, 0.25) is 0 Å². The minimum Gasteiger partial charge on any atom is -0.508 e. The van der Waals surface area contributed by atoms with Gasteiger partial charge in [0.1, 0.15) is 23.4 Å². The predicted octanol–water partition coefficient (Wildman–Crippen LogP) is 6.02. The van der Waals surface area contributed by atoms with Crippen molar-refractivity contribution in [2.24, 2.45) is 5.92 Å². The molecule has 8 heteroatoms. The van der Waals surface area contributed by atoms with Crippen molar-refractivity contribution < 1.29 is 24.2 Å². The van der Waals surface area contributed by atoms with Crippen molar-refractivity contribution in [2.75, 3.05) is 6.54 Å². The molecule has 0 saturated heterocycles. The Bertz CT molecular complexity index is 1110. The van der Waals surface area contributed by atoms with Crippen LogP contribution in [0.1, 0.15) is 90.0 Å². The van der Waals surface area contributed by atoms with E-state index in [4.69, 9.17) is 4.74 Å². The summed E-state index contributed by atoms with van der Waals surface area (Å²) in [7, 11) is 0. The Balaban J connectivity index is 2.49. The van der Waals surface area contributed by atoms with Gasteiger partial charge in [-0.15, -0.1) is 0 Å². The molecule has 0 spiro atoms. The van der Waals surface area contributed by atoms with Crippen molar-refractivity contribution in [2.45, 2.75) is 98.4 Å². The molecule has 0 aliphatic carbocycles. The third-order valence-corrected chi connectivity index (χ3v) is 6.55. The number of carbonyl (C=O) groups excluding carboxylic acids is 3. The molecule has 0 saturated carbocycles. The van der Waals surface area contributed by atoms with Gasteiger partial charge in [0, 0.05) is 13.1 Å². The molecule has 0 bridgehead atoms. The van der Waals surface area contributed by atoms with Gasteiger partial charge in [-0.05, 0) is 68.9 Å². The standard InChI is InChI=1S/C32H47N3O5/c1-8-9-10-14-19-35(30(38)27(22(2)3)34-31(39)40-32(5,6)7)28(25-17-18-26(36)23(4)20-25)29(37)33-21-24-15-12-11-13-16-24/h11-13,15-18,20,22,27-28,36H,8-10,14,19,21H2,1-7H3,(H,33,37)(H,34,39). The minimum absolute atomic E-state index is 0.111. The summed E-state index contributed by atoms with van der Waals surface area (Å²) in [5, 5.41) is 15.9. The van der Waals surface area contributed by atoms with Crippen LogP contribution in [-0.4, -0.2) is 46.1 Å². The van der Waals surface area contributed by atoms with Crippen LogP contribution in [0.3, 0.4) is 0 Å². The highest BCUT2D eigenvalue weighted by molar-refractivity contribution is 5.92. The lowest BCUT2D eigenvalue weighted by molar-refractivity contribution is -0.143. The fourth-order valence-corrected chi connectivity index (χ4v) is 4.41. The van der Waals surface area contributed by atoms with E-state index in [1.54, 1.807) is 50.8 Å². The van der Waals surface area contributed by atoms with Crippen LogP contribution in [-0.2, 0) is 20.9 Å². The second-order valence-electron chi connectivity index (χ2n) is 11.6. The number of phenolic OH excluding ortho intramolecular Hbond substituents is 1. The maximum atomic E-state index is 14.2. The van der Waals surface area contributed by atoms with Gasteiger partial charge in [-0.3, -0.25) is 9.59 Å². The largest absolute Gasteiger partial charge is 0.508 e. The lowest BCUT2D eigenvalue weighted by Crippen LogP contribution is -2.55. The number of carbonyl (C=O) groups is 3. The van der Waals surface area contributed by atoms with E-state index in [2.05, 4.69) is 17.6 Å². The summed E-state index contributed by atoms with van der Waals surface area (Å²) in [6.45, 7) is 13.5. The van der Waals surface area contributed by atoms with Crippen LogP contribution in [0.15, 0.2) is 48.5 Å². The number of phenols is 1. The first-order valence-electron chi connectivity index (χ1n) is 14.2. The van der Waals surface area contributed by atoms with Crippen molar-refractivity contribution >= 4 is 17.9 Å². The van der Waals surface area contributed by atoms with Gasteiger partial charge in [0.25, 0.3) is 0 Å². The smallest absolute Gasteiger partial charge is 0.408 e. The molecule has 2 aromatic carbocycles. The van der Waals surface area contributed by atoms with Gasteiger partial charge in [-0.25, -0.2) is 4.79 Å². The zero-order valence-corrected chi connectivity index (χ0v) is 25.1. The molecule has 8 nitrogen and oxygen atoms in total. The summed E-state index contributed by atoms with van der Waals surface area (Å²) in [4.78, 5) is 42.4. The van der Waals surface area contributed by atoms with Crippen LogP contribution in [0.25, 0.3) is 0 Å². The fraction of sp³-hybridized carbons (Fsp3) is 0.531. The Morgan fingerprint density at radius 2 is 1.68 bits per heavy atom. The topological polar surface area (TPSA) is 108 Å². The number of ether oxygens (including phenoxy) is 1. The third-order valence-electron chi connectivity index (χ3n) is 6.55.